The van der Waals surface area contributed by atoms with Crippen molar-refractivity contribution < 1.29 is 8.78 Å². The molecule has 2 aromatic rings. The third kappa shape index (κ3) is 2.78. The lowest BCUT2D eigenvalue weighted by molar-refractivity contribution is 0.552. The number of halogens is 2. The van der Waals surface area contributed by atoms with Crippen molar-refractivity contribution in [1.82, 2.24) is 9.78 Å². The Bertz CT molecular complexity index is 699. The van der Waals surface area contributed by atoms with Crippen LogP contribution in [0.5, 0.6) is 0 Å². The molecule has 0 aliphatic heterocycles. The van der Waals surface area contributed by atoms with Crippen LogP contribution in [0.25, 0.3) is 0 Å². The molecule has 1 heterocycles. The summed E-state index contributed by atoms with van der Waals surface area (Å²) in [6, 6.07) is 4.81. The highest BCUT2D eigenvalue weighted by Crippen LogP contribution is 2.13. The maximum Gasteiger partial charge on any atom is 0.312 e. The van der Waals surface area contributed by atoms with Crippen LogP contribution in [0.15, 0.2) is 33.9 Å². The van der Waals surface area contributed by atoms with Gasteiger partial charge in [-0.3, -0.25) is 19.4 Å². The van der Waals surface area contributed by atoms with Gasteiger partial charge in [-0.25, -0.2) is 8.78 Å². The molecular formula is C13H12F2N2O2. The molecule has 0 amide bonds. The Balaban J connectivity index is 2.24. The first kappa shape index (κ1) is 13.2. The summed E-state index contributed by atoms with van der Waals surface area (Å²) in [6.45, 7) is 0. The second kappa shape index (κ2) is 5.17. The lowest BCUT2D eigenvalue weighted by atomic mass is 10.1. The predicted octanol–water partition coefficient (Wildman–Crippen LogP) is 1.14. The van der Waals surface area contributed by atoms with Crippen LogP contribution in [-0.2, 0) is 19.9 Å². The van der Waals surface area contributed by atoms with Crippen LogP contribution in [0, 0.1) is 11.6 Å². The molecule has 0 spiro atoms. The van der Waals surface area contributed by atoms with E-state index in [0.29, 0.717) is 5.69 Å². The zero-order valence-electron chi connectivity index (χ0n) is 10.2. The van der Waals surface area contributed by atoms with Gasteiger partial charge in [0.15, 0.2) is 0 Å². The van der Waals surface area contributed by atoms with Gasteiger partial charge in [-0.05, 0) is 25.0 Å². The summed E-state index contributed by atoms with van der Waals surface area (Å²) in [7, 11) is 1.41. The van der Waals surface area contributed by atoms with Gasteiger partial charge in [0.2, 0.25) is 5.43 Å². The number of hydrogen-bond donors (Lipinski definition) is 1. The van der Waals surface area contributed by atoms with Crippen LogP contribution in [0.4, 0.5) is 8.78 Å². The maximum atomic E-state index is 13.4. The largest absolute Gasteiger partial charge is 0.312 e. The summed E-state index contributed by atoms with van der Waals surface area (Å²) in [4.78, 5) is 22.5. The molecule has 4 nitrogen and oxygen atoms in total. The fourth-order valence-corrected chi connectivity index (χ4v) is 1.84. The molecule has 0 atom stereocenters. The fraction of sp³-hybridized carbons (Fsp3) is 0.231. The Morgan fingerprint density at radius 3 is 2.37 bits per heavy atom. The molecule has 2 rings (SSSR count). The third-order valence-electron chi connectivity index (χ3n) is 2.84. The van der Waals surface area contributed by atoms with Crippen LogP contribution >= 0.6 is 0 Å². The highest BCUT2D eigenvalue weighted by Gasteiger charge is 2.09. The van der Waals surface area contributed by atoms with E-state index in [1.54, 1.807) is 0 Å². The van der Waals surface area contributed by atoms with E-state index in [0.717, 1.165) is 10.7 Å². The topological polar surface area (TPSA) is 54.9 Å². The summed E-state index contributed by atoms with van der Waals surface area (Å²) < 4.78 is 27.9. The molecule has 0 saturated heterocycles. The third-order valence-corrected chi connectivity index (χ3v) is 2.84. The van der Waals surface area contributed by atoms with E-state index in [1.807, 2.05) is 0 Å². The SMILES string of the molecule is Cn1[nH]c(CCc2c(F)cccc2F)cc(=O)c1=O. The smallest absolute Gasteiger partial charge is 0.300 e. The maximum absolute atomic E-state index is 13.4. The Labute approximate surface area is 107 Å². The molecule has 6 heteroatoms. The highest BCUT2D eigenvalue weighted by molar-refractivity contribution is 5.20. The zero-order valence-corrected chi connectivity index (χ0v) is 10.2. The van der Waals surface area contributed by atoms with Gasteiger partial charge >= 0.3 is 5.56 Å². The van der Waals surface area contributed by atoms with Crippen molar-refractivity contribution in [3.63, 3.8) is 0 Å². The molecule has 0 saturated carbocycles. The van der Waals surface area contributed by atoms with Gasteiger partial charge in [-0.1, -0.05) is 6.07 Å². The van der Waals surface area contributed by atoms with Crippen molar-refractivity contribution >= 4 is 0 Å². The van der Waals surface area contributed by atoms with E-state index < -0.39 is 22.6 Å². The minimum absolute atomic E-state index is 0.0304. The first-order valence-corrected chi connectivity index (χ1v) is 5.71. The van der Waals surface area contributed by atoms with Gasteiger partial charge in [0.05, 0.1) is 0 Å². The van der Waals surface area contributed by atoms with E-state index in [1.165, 1.54) is 25.2 Å². The molecule has 0 unspecified atom stereocenters. The standard InChI is InChI=1S/C13H12F2N2O2/c1-17-13(19)12(18)7-8(16-17)5-6-9-10(14)3-2-4-11(9)15/h2-4,7,16H,5-6H2,1H3. The lowest BCUT2D eigenvalue weighted by Gasteiger charge is -2.06. The lowest BCUT2D eigenvalue weighted by Crippen LogP contribution is -2.34. The Kier molecular flexibility index (Phi) is 3.59. The molecule has 1 aromatic heterocycles. The van der Waals surface area contributed by atoms with E-state index in [2.05, 4.69) is 5.10 Å². The Morgan fingerprint density at radius 2 is 1.79 bits per heavy atom. The van der Waals surface area contributed by atoms with Crippen molar-refractivity contribution in [2.75, 3.05) is 0 Å². The van der Waals surface area contributed by atoms with Gasteiger partial charge in [0, 0.05) is 24.4 Å². The number of aromatic nitrogens is 2. The van der Waals surface area contributed by atoms with E-state index >= 15 is 0 Å². The second-order valence-corrected chi connectivity index (χ2v) is 4.21. The molecule has 0 radical (unpaired) electrons. The van der Waals surface area contributed by atoms with Crippen LogP contribution in [0.2, 0.25) is 0 Å². The second-order valence-electron chi connectivity index (χ2n) is 4.21. The van der Waals surface area contributed by atoms with Crippen LogP contribution < -0.4 is 11.0 Å². The fourth-order valence-electron chi connectivity index (χ4n) is 1.84. The average molecular weight is 266 g/mol. The zero-order chi connectivity index (χ0) is 14.0. The molecule has 1 N–H and O–H groups in total. The number of H-pyrrole nitrogens is 1. The van der Waals surface area contributed by atoms with Crippen LogP contribution in [-0.4, -0.2) is 9.78 Å². The van der Waals surface area contributed by atoms with E-state index in [9.17, 15) is 18.4 Å². The molecule has 1 aromatic carbocycles. The summed E-state index contributed by atoms with van der Waals surface area (Å²) >= 11 is 0. The summed E-state index contributed by atoms with van der Waals surface area (Å²) in [5.41, 5.74) is -0.891. The molecular weight excluding hydrogens is 254 g/mol. The van der Waals surface area contributed by atoms with Crippen molar-refractivity contribution in [1.29, 1.82) is 0 Å². The van der Waals surface area contributed by atoms with Gasteiger partial charge in [0.25, 0.3) is 0 Å². The van der Waals surface area contributed by atoms with Crippen LogP contribution in [0.1, 0.15) is 11.3 Å². The van der Waals surface area contributed by atoms with Gasteiger partial charge in [0.1, 0.15) is 11.6 Å². The van der Waals surface area contributed by atoms with E-state index in [-0.39, 0.29) is 18.4 Å². The minimum atomic E-state index is -0.666. The summed E-state index contributed by atoms with van der Waals surface area (Å²) in [6.07, 6.45) is 0.341. The van der Waals surface area contributed by atoms with Gasteiger partial charge in [-0.15, -0.1) is 0 Å². The number of rotatable bonds is 3. The molecule has 100 valence electrons. The van der Waals surface area contributed by atoms with Crippen molar-refractivity contribution in [3.8, 4) is 0 Å². The highest BCUT2D eigenvalue weighted by atomic mass is 19.1. The molecule has 0 aliphatic rings. The van der Waals surface area contributed by atoms with Gasteiger partial charge < -0.3 is 0 Å². The summed E-state index contributed by atoms with van der Waals surface area (Å²) in [5, 5.41) is 2.68. The van der Waals surface area contributed by atoms with Gasteiger partial charge in [-0.2, -0.15) is 0 Å². The molecule has 0 aliphatic carbocycles. The number of benzene rings is 1. The predicted molar refractivity (Wildman–Crippen MR) is 66.1 cm³/mol. The number of nitrogens with one attached hydrogen (secondary N) is 1. The van der Waals surface area contributed by atoms with Crippen molar-refractivity contribution in [2.45, 2.75) is 12.8 Å². The van der Waals surface area contributed by atoms with Crippen molar-refractivity contribution in [3.05, 3.63) is 67.7 Å². The molecule has 19 heavy (non-hydrogen) atoms. The quantitative estimate of drug-likeness (QED) is 0.847. The molecule has 0 fully saturated rings. The number of aromatic amines is 1. The number of nitrogens with zero attached hydrogens (tertiary/aromatic N) is 1. The van der Waals surface area contributed by atoms with Crippen LogP contribution in [0.3, 0.4) is 0 Å². The Morgan fingerprint density at radius 1 is 1.16 bits per heavy atom. The first-order valence-electron chi connectivity index (χ1n) is 5.71. The van der Waals surface area contributed by atoms with Crippen molar-refractivity contribution in [2.24, 2.45) is 7.05 Å². The normalized spacial score (nSPS) is 10.7. The minimum Gasteiger partial charge on any atom is -0.300 e. The number of aryl methyl sites for hydroxylation is 2. The number of hydrogen-bond acceptors (Lipinski definition) is 2. The first-order chi connectivity index (χ1) is 8.99. The average Bonchev–Trinajstić information content (AvgIpc) is 2.35. The van der Waals surface area contributed by atoms with E-state index in [4.69, 9.17) is 0 Å². The Hall–Kier alpha value is -2.24. The summed E-state index contributed by atoms with van der Waals surface area (Å²) in [5.74, 6) is -1.24. The molecule has 0 bridgehead atoms. The monoisotopic (exact) mass is 266 g/mol.